The van der Waals surface area contributed by atoms with Crippen molar-refractivity contribution in [2.45, 2.75) is 26.4 Å². The molecule has 1 aliphatic heterocycles. The smallest absolute Gasteiger partial charge is 0.366 e. The van der Waals surface area contributed by atoms with E-state index in [1.54, 1.807) is 19.1 Å². The Bertz CT molecular complexity index is 914. The van der Waals surface area contributed by atoms with Gasteiger partial charge in [0.1, 0.15) is 6.54 Å². The number of pyridine rings is 1. The summed E-state index contributed by atoms with van der Waals surface area (Å²) in [5.41, 5.74) is 1.62. The molecule has 0 saturated heterocycles. The predicted molar refractivity (Wildman–Crippen MR) is 97.8 cm³/mol. The Morgan fingerprint density at radius 1 is 1.33 bits per heavy atom. The number of aryl methyl sites for hydroxylation is 1. The zero-order valence-electron chi connectivity index (χ0n) is 14.8. The lowest BCUT2D eigenvalue weighted by atomic mass is 10.1. The Kier molecular flexibility index (Phi) is 5.02. The monoisotopic (exact) mass is 370 g/mol. The summed E-state index contributed by atoms with van der Waals surface area (Å²) in [6, 6.07) is 9.92. The minimum Gasteiger partial charge on any atom is -0.475 e. The first-order valence-corrected chi connectivity index (χ1v) is 8.42. The first-order valence-electron chi connectivity index (χ1n) is 8.42. The fourth-order valence-corrected chi connectivity index (χ4v) is 2.81. The van der Waals surface area contributed by atoms with Crippen LogP contribution in [0.4, 0.5) is 17.3 Å². The van der Waals surface area contributed by atoms with Crippen molar-refractivity contribution in [3.8, 4) is 5.75 Å². The number of nitrogens with one attached hydrogen (secondary N) is 1. The number of para-hydroxylation sites is 1. The number of nitrogens with zero attached hydrogens (tertiary/aromatic N) is 3. The summed E-state index contributed by atoms with van der Waals surface area (Å²) >= 11 is 0. The topological polar surface area (TPSA) is 115 Å². The minimum atomic E-state index is -0.823. The Morgan fingerprint density at radius 3 is 2.78 bits per heavy atom. The van der Waals surface area contributed by atoms with Crippen molar-refractivity contribution in [3.05, 3.63) is 52.1 Å². The molecule has 0 spiro atoms. The third kappa shape index (κ3) is 3.71. The molecule has 2 amide bonds. The molecule has 1 unspecified atom stereocenters. The SMILES string of the molecule is CCc1ccccc1NC(=O)CN1C(=O)C(C)Oc2ccc([N+](=O)[O-])nc21. The van der Waals surface area contributed by atoms with Gasteiger partial charge >= 0.3 is 5.82 Å². The number of aromatic nitrogens is 1. The van der Waals surface area contributed by atoms with E-state index in [2.05, 4.69) is 10.3 Å². The fraction of sp³-hybridized carbons (Fsp3) is 0.278. The van der Waals surface area contributed by atoms with Gasteiger partial charge in [-0.25, -0.2) is 0 Å². The molecule has 3 rings (SSSR count). The molecule has 0 aliphatic carbocycles. The van der Waals surface area contributed by atoms with Crippen molar-refractivity contribution in [2.75, 3.05) is 16.8 Å². The van der Waals surface area contributed by atoms with Crippen LogP contribution in [0.15, 0.2) is 36.4 Å². The predicted octanol–water partition coefficient (Wildman–Crippen LogP) is 2.30. The number of carbonyl (C=O) groups excluding carboxylic acids is 2. The summed E-state index contributed by atoms with van der Waals surface area (Å²) in [5, 5.41) is 13.8. The normalized spacial score (nSPS) is 15.7. The highest BCUT2D eigenvalue weighted by Gasteiger charge is 2.37. The summed E-state index contributed by atoms with van der Waals surface area (Å²) in [6.45, 7) is 3.19. The van der Waals surface area contributed by atoms with Crippen LogP contribution < -0.4 is 15.0 Å². The molecule has 1 atom stereocenters. The van der Waals surface area contributed by atoms with Gasteiger partial charge in [0, 0.05) is 11.8 Å². The van der Waals surface area contributed by atoms with Crippen LogP contribution >= 0.6 is 0 Å². The third-order valence-corrected chi connectivity index (χ3v) is 4.16. The number of nitro groups is 1. The standard InChI is InChI=1S/C18H18N4O5/c1-3-12-6-4-5-7-13(12)19-16(23)10-21-17-14(27-11(2)18(21)24)8-9-15(20-17)22(25)26/h4-9,11H,3,10H2,1-2H3,(H,19,23). The Morgan fingerprint density at radius 2 is 2.07 bits per heavy atom. The van der Waals surface area contributed by atoms with Crippen LogP contribution in [0, 0.1) is 10.1 Å². The van der Waals surface area contributed by atoms with E-state index >= 15 is 0 Å². The molecule has 27 heavy (non-hydrogen) atoms. The van der Waals surface area contributed by atoms with Gasteiger partial charge in [-0.3, -0.25) is 14.5 Å². The molecule has 0 fully saturated rings. The highest BCUT2D eigenvalue weighted by atomic mass is 16.6. The molecule has 1 aliphatic rings. The third-order valence-electron chi connectivity index (χ3n) is 4.16. The van der Waals surface area contributed by atoms with E-state index in [9.17, 15) is 19.7 Å². The molecule has 0 bridgehead atoms. The molecular weight excluding hydrogens is 352 g/mol. The van der Waals surface area contributed by atoms with E-state index < -0.39 is 28.7 Å². The first kappa shape index (κ1) is 18.3. The van der Waals surface area contributed by atoms with E-state index in [1.807, 2.05) is 19.1 Å². The van der Waals surface area contributed by atoms with Gasteiger partial charge in [-0.15, -0.1) is 0 Å². The van der Waals surface area contributed by atoms with E-state index in [4.69, 9.17) is 4.74 Å². The Hall–Kier alpha value is -3.49. The summed E-state index contributed by atoms with van der Waals surface area (Å²) in [5.74, 6) is -1.17. The molecule has 2 aromatic rings. The summed E-state index contributed by atoms with van der Waals surface area (Å²) in [6.07, 6.45) is -0.0860. The van der Waals surface area contributed by atoms with Crippen LogP contribution in [0.3, 0.4) is 0 Å². The van der Waals surface area contributed by atoms with Gasteiger partial charge in [0.15, 0.2) is 11.9 Å². The van der Waals surface area contributed by atoms with Gasteiger partial charge in [-0.05, 0) is 40.9 Å². The Labute approximate surface area is 155 Å². The van der Waals surface area contributed by atoms with Crippen LogP contribution in [-0.4, -0.2) is 34.4 Å². The zero-order chi connectivity index (χ0) is 19.6. The van der Waals surface area contributed by atoms with E-state index in [-0.39, 0.29) is 18.1 Å². The van der Waals surface area contributed by atoms with Gasteiger partial charge < -0.3 is 20.2 Å². The van der Waals surface area contributed by atoms with Gasteiger partial charge in [-0.2, -0.15) is 0 Å². The fourth-order valence-electron chi connectivity index (χ4n) is 2.81. The molecule has 2 heterocycles. The first-order chi connectivity index (χ1) is 12.9. The van der Waals surface area contributed by atoms with Gasteiger partial charge in [-0.1, -0.05) is 25.1 Å². The number of hydrogen-bond acceptors (Lipinski definition) is 6. The number of anilines is 2. The van der Waals surface area contributed by atoms with Crippen molar-refractivity contribution < 1.29 is 19.2 Å². The minimum absolute atomic E-state index is 0.0359. The number of benzene rings is 1. The highest BCUT2D eigenvalue weighted by Crippen LogP contribution is 2.33. The molecule has 9 nitrogen and oxygen atoms in total. The number of rotatable bonds is 5. The summed E-state index contributed by atoms with van der Waals surface area (Å²) in [7, 11) is 0. The highest BCUT2D eigenvalue weighted by molar-refractivity contribution is 6.05. The lowest BCUT2D eigenvalue weighted by Crippen LogP contribution is -2.48. The van der Waals surface area contributed by atoms with Gasteiger partial charge in [0.2, 0.25) is 5.91 Å². The van der Waals surface area contributed by atoms with Crippen molar-refractivity contribution >= 4 is 29.1 Å². The molecule has 1 aromatic carbocycles. The zero-order valence-corrected chi connectivity index (χ0v) is 14.8. The second kappa shape index (κ2) is 7.40. The van der Waals surface area contributed by atoms with Gasteiger partial charge in [0.25, 0.3) is 11.7 Å². The number of fused-ring (bicyclic) bond motifs is 1. The van der Waals surface area contributed by atoms with Crippen LogP contribution in [0.2, 0.25) is 0 Å². The Balaban J connectivity index is 1.87. The molecule has 140 valence electrons. The average Bonchev–Trinajstić information content (AvgIpc) is 2.65. The number of amides is 2. The lowest BCUT2D eigenvalue weighted by molar-refractivity contribution is -0.389. The maximum atomic E-state index is 12.5. The van der Waals surface area contributed by atoms with Crippen LogP contribution in [-0.2, 0) is 16.0 Å². The largest absolute Gasteiger partial charge is 0.475 e. The number of carbonyl (C=O) groups is 2. The molecule has 1 aromatic heterocycles. The molecular formula is C18H18N4O5. The van der Waals surface area contributed by atoms with Crippen LogP contribution in [0.5, 0.6) is 5.75 Å². The maximum absolute atomic E-state index is 12.5. The quantitative estimate of drug-likeness (QED) is 0.638. The second-order valence-electron chi connectivity index (χ2n) is 5.99. The van der Waals surface area contributed by atoms with E-state index in [0.717, 1.165) is 16.9 Å². The van der Waals surface area contributed by atoms with Crippen molar-refractivity contribution in [1.29, 1.82) is 0 Å². The number of hydrogen-bond donors (Lipinski definition) is 1. The molecule has 0 radical (unpaired) electrons. The second-order valence-corrected chi connectivity index (χ2v) is 5.99. The van der Waals surface area contributed by atoms with Gasteiger partial charge in [0.05, 0.1) is 0 Å². The lowest BCUT2D eigenvalue weighted by Gasteiger charge is -2.29. The van der Waals surface area contributed by atoms with Crippen molar-refractivity contribution in [1.82, 2.24) is 4.98 Å². The van der Waals surface area contributed by atoms with Crippen molar-refractivity contribution in [2.24, 2.45) is 0 Å². The van der Waals surface area contributed by atoms with E-state index in [1.165, 1.54) is 12.1 Å². The summed E-state index contributed by atoms with van der Waals surface area (Å²) in [4.78, 5) is 40.3. The van der Waals surface area contributed by atoms with Crippen LogP contribution in [0.25, 0.3) is 0 Å². The molecule has 0 saturated carbocycles. The summed E-state index contributed by atoms with van der Waals surface area (Å²) < 4.78 is 5.44. The average molecular weight is 370 g/mol. The molecule has 1 N–H and O–H groups in total. The maximum Gasteiger partial charge on any atom is 0.366 e. The van der Waals surface area contributed by atoms with E-state index in [0.29, 0.717) is 5.69 Å². The molecule has 9 heteroatoms. The van der Waals surface area contributed by atoms with Crippen molar-refractivity contribution in [3.63, 3.8) is 0 Å². The number of ether oxygens (including phenoxy) is 1. The van der Waals surface area contributed by atoms with Crippen LogP contribution in [0.1, 0.15) is 19.4 Å².